The highest BCUT2D eigenvalue weighted by atomic mass is 16.5. The minimum Gasteiger partial charge on any atom is -0.444 e. The smallest absolute Gasteiger partial charge is 0.208 e. The standard InChI is InChI=1S/C11H18N2O2/c1-6-7(2)14-8(3)11(6)9-5-13-10(4-12)15-9/h5-8,11H,4,12H2,1-3H3. The summed E-state index contributed by atoms with van der Waals surface area (Å²) in [6, 6.07) is 0. The fraction of sp³-hybridized carbons (Fsp3) is 0.727. The van der Waals surface area contributed by atoms with Crippen molar-refractivity contribution in [3.63, 3.8) is 0 Å². The van der Waals surface area contributed by atoms with Gasteiger partial charge in [0.05, 0.1) is 24.9 Å². The van der Waals surface area contributed by atoms with Crippen LogP contribution in [0.15, 0.2) is 10.6 Å². The van der Waals surface area contributed by atoms with Crippen molar-refractivity contribution in [1.29, 1.82) is 0 Å². The van der Waals surface area contributed by atoms with Crippen molar-refractivity contribution < 1.29 is 9.15 Å². The van der Waals surface area contributed by atoms with Crippen molar-refractivity contribution in [1.82, 2.24) is 4.98 Å². The maximum Gasteiger partial charge on any atom is 0.208 e. The molecule has 2 N–H and O–H groups in total. The summed E-state index contributed by atoms with van der Waals surface area (Å²) in [7, 11) is 0. The number of nitrogens with zero attached hydrogens (tertiary/aromatic N) is 1. The highest BCUT2D eigenvalue weighted by molar-refractivity contribution is 5.09. The lowest BCUT2D eigenvalue weighted by Crippen LogP contribution is -2.14. The monoisotopic (exact) mass is 210 g/mol. The van der Waals surface area contributed by atoms with Gasteiger partial charge in [-0.05, 0) is 19.8 Å². The molecule has 4 unspecified atom stereocenters. The third-order valence-corrected chi connectivity index (χ3v) is 3.32. The van der Waals surface area contributed by atoms with Crippen LogP contribution in [0.4, 0.5) is 0 Å². The van der Waals surface area contributed by atoms with Gasteiger partial charge in [0, 0.05) is 5.92 Å². The first-order valence-corrected chi connectivity index (χ1v) is 5.43. The number of nitrogens with two attached hydrogens (primary N) is 1. The topological polar surface area (TPSA) is 61.3 Å². The Morgan fingerprint density at radius 3 is 2.53 bits per heavy atom. The van der Waals surface area contributed by atoms with E-state index in [-0.39, 0.29) is 12.2 Å². The van der Waals surface area contributed by atoms with Gasteiger partial charge in [-0.1, -0.05) is 6.92 Å². The average molecular weight is 210 g/mol. The van der Waals surface area contributed by atoms with Crippen molar-refractivity contribution in [3.05, 3.63) is 17.8 Å². The molecule has 1 aromatic heterocycles. The van der Waals surface area contributed by atoms with Crippen LogP contribution >= 0.6 is 0 Å². The summed E-state index contributed by atoms with van der Waals surface area (Å²) in [6.45, 7) is 6.71. The van der Waals surface area contributed by atoms with Crippen molar-refractivity contribution in [2.75, 3.05) is 0 Å². The highest BCUT2D eigenvalue weighted by Gasteiger charge is 2.39. The molecule has 0 spiro atoms. The number of ether oxygens (including phenoxy) is 1. The molecule has 0 bridgehead atoms. The molecule has 4 heteroatoms. The summed E-state index contributed by atoms with van der Waals surface area (Å²) in [5, 5.41) is 0. The molecule has 1 aliphatic heterocycles. The molecule has 0 radical (unpaired) electrons. The summed E-state index contributed by atoms with van der Waals surface area (Å²) >= 11 is 0. The van der Waals surface area contributed by atoms with Gasteiger partial charge in [-0.25, -0.2) is 4.98 Å². The maximum absolute atomic E-state index is 5.76. The normalized spacial score (nSPS) is 36.0. The first kappa shape index (κ1) is 10.6. The summed E-state index contributed by atoms with van der Waals surface area (Å²) in [4.78, 5) is 4.13. The van der Waals surface area contributed by atoms with E-state index in [0.717, 1.165) is 5.76 Å². The van der Waals surface area contributed by atoms with Crippen molar-refractivity contribution in [2.45, 2.75) is 45.4 Å². The molecule has 0 saturated carbocycles. The van der Waals surface area contributed by atoms with Crippen LogP contribution in [0, 0.1) is 5.92 Å². The third-order valence-electron chi connectivity index (χ3n) is 3.32. The van der Waals surface area contributed by atoms with Crippen LogP contribution in [-0.4, -0.2) is 17.2 Å². The van der Waals surface area contributed by atoms with Crippen LogP contribution < -0.4 is 5.73 Å². The Bertz CT molecular complexity index is 337. The molecule has 1 aliphatic rings. The van der Waals surface area contributed by atoms with Crippen molar-refractivity contribution in [3.8, 4) is 0 Å². The average Bonchev–Trinajstić information content (AvgIpc) is 2.74. The summed E-state index contributed by atoms with van der Waals surface area (Å²) in [6.07, 6.45) is 2.24. The second kappa shape index (κ2) is 3.94. The van der Waals surface area contributed by atoms with E-state index in [2.05, 4.69) is 25.8 Å². The lowest BCUT2D eigenvalue weighted by molar-refractivity contribution is 0.0547. The molecule has 4 atom stereocenters. The largest absolute Gasteiger partial charge is 0.444 e. The van der Waals surface area contributed by atoms with E-state index in [9.17, 15) is 0 Å². The van der Waals surface area contributed by atoms with E-state index in [0.29, 0.717) is 24.3 Å². The fourth-order valence-electron chi connectivity index (χ4n) is 2.33. The summed E-state index contributed by atoms with van der Waals surface area (Å²) < 4.78 is 11.4. The van der Waals surface area contributed by atoms with Crippen LogP contribution in [0.1, 0.15) is 38.3 Å². The van der Waals surface area contributed by atoms with Gasteiger partial charge in [0.2, 0.25) is 5.89 Å². The minimum atomic E-state index is 0.188. The molecule has 4 nitrogen and oxygen atoms in total. The third kappa shape index (κ3) is 1.79. The van der Waals surface area contributed by atoms with E-state index in [1.165, 1.54) is 0 Å². The molecule has 0 amide bonds. The first-order valence-electron chi connectivity index (χ1n) is 5.43. The Hall–Kier alpha value is -0.870. The van der Waals surface area contributed by atoms with Crippen LogP contribution in [0.5, 0.6) is 0 Å². The van der Waals surface area contributed by atoms with Gasteiger partial charge in [0.25, 0.3) is 0 Å². The molecular formula is C11H18N2O2. The lowest BCUT2D eigenvalue weighted by Gasteiger charge is -2.14. The molecule has 84 valence electrons. The number of hydrogen-bond acceptors (Lipinski definition) is 4. The van der Waals surface area contributed by atoms with Gasteiger partial charge >= 0.3 is 0 Å². The molecule has 2 heterocycles. The number of oxazole rings is 1. The summed E-state index contributed by atoms with van der Waals surface area (Å²) in [5.41, 5.74) is 5.47. The highest BCUT2D eigenvalue weighted by Crippen LogP contribution is 2.39. The zero-order chi connectivity index (χ0) is 11.0. The second-order valence-corrected chi connectivity index (χ2v) is 4.29. The van der Waals surface area contributed by atoms with Gasteiger partial charge in [-0.15, -0.1) is 0 Å². The maximum atomic E-state index is 5.76. The van der Waals surface area contributed by atoms with E-state index < -0.39 is 0 Å². The summed E-state index contributed by atoms with van der Waals surface area (Å²) in [5.74, 6) is 2.26. The predicted octanol–water partition coefficient (Wildman–Crippen LogP) is 1.66. The van der Waals surface area contributed by atoms with Gasteiger partial charge < -0.3 is 14.9 Å². The molecule has 0 aromatic carbocycles. The molecule has 1 fully saturated rings. The van der Waals surface area contributed by atoms with Gasteiger partial charge in [-0.3, -0.25) is 0 Å². The zero-order valence-corrected chi connectivity index (χ0v) is 9.43. The second-order valence-electron chi connectivity index (χ2n) is 4.29. The fourth-order valence-corrected chi connectivity index (χ4v) is 2.33. The number of rotatable bonds is 2. The molecule has 15 heavy (non-hydrogen) atoms. The Morgan fingerprint density at radius 1 is 1.33 bits per heavy atom. The number of aromatic nitrogens is 1. The molecule has 1 aromatic rings. The zero-order valence-electron chi connectivity index (χ0n) is 9.43. The molecule has 1 saturated heterocycles. The Labute approximate surface area is 89.8 Å². The Balaban J connectivity index is 2.22. The lowest BCUT2D eigenvalue weighted by atomic mass is 9.88. The van der Waals surface area contributed by atoms with Gasteiger partial charge in [-0.2, -0.15) is 0 Å². The predicted molar refractivity (Wildman–Crippen MR) is 56.3 cm³/mol. The molecular weight excluding hydrogens is 192 g/mol. The van der Waals surface area contributed by atoms with Crippen LogP contribution in [0.2, 0.25) is 0 Å². The SMILES string of the molecule is CC1OC(C)C(c2cnc(CN)o2)C1C. The quantitative estimate of drug-likeness (QED) is 0.806. The van der Waals surface area contributed by atoms with E-state index in [1.807, 2.05) is 0 Å². The van der Waals surface area contributed by atoms with Crippen molar-refractivity contribution >= 4 is 0 Å². The molecule has 2 rings (SSSR count). The Morgan fingerprint density at radius 2 is 2.07 bits per heavy atom. The molecule has 0 aliphatic carbocycles. The Kier molecular flexibility index (Phi) is 2.80. The van der Waals surface area contributed by atoms with E-state index in [1.54, 1.807) is 6.20 Å². The van der Waals surface area contributed by atoms with Crippen LogP contribution in [-0.2, 0) is 11.3 Å². The van der Waals surface area contributed by atoms with Gasteiger partial charge in [0.15, 0.2) is 0 Å². The van der Waals surface area contributed by atoms with Crippen LogP contribution in [0.3, 0.4) is 0 Å². The first-order chi connectivity index (χ1) is 7.13. The van der Waals surface area contributed by atoms with E-state index >= 15 is 0 Å². The van der Waals surface area contributed by atoms with E-state index in [4.69, 9.17) is 14.9 Å². The van der Waals surface area contributed by atoms with Crippen LogP contribution in [0.25, 0.3) is 0 Å². The van der Waals surface area contributed by atoms with Crippen molar-refractivity contribution in [2.24, 2.45) is 11.7 Å². The number of hydrogen-bond donors (Lipinski definition) is 1. The van der Waals surface area contributed by atoms with Gasteiger partial charge in [0.1, 0.15) is 5.76 Å². The minimum absolute atomic E-state index is 0.188.